The number of nitrogens with zero attached hydrogens (tertiary/aromatic N) is 3. The number of halogens is 1. The Morgan fingerprint density at radius 2 is 1.63 bits per heavy atom. The van der Waals surface area contributed by atoms with Crippen LogP contribution in [0.2, 0.25) is 5.02 Å². The van der Waals surface area contributed by atoms with Crippen molar-refractivity contribution in [1.82, 2.24) is 4.98 Å². The van der Waals surface area contributed by atoms with Crippen molar-refractivity contribution >= 4 is 34.7 Å². The Morgan fingerprint density at radius 1 is 1.00 bits per heavy atom. The van der Waals surface area contributed by atoms with Gasteiger partial charge in [0.25, 0.3) is 11.7 Å². The van der Waals surface area contributed by atoms with Gasteiger partial charge < -0.3 is 5.11 Å². The van der Waals surface area contributed by atoms with Crippen LogP contribution in [0.3, 0.4) is 0 Å². The number of amides is 1. The number of nitriles is 1. The molecule has 7 heteroatoms. The molecule has 0 spiro atoms. The van der Waals surface area contributed by atoms with Gasteiger partial charge in [-0.3, -0.25) is 19.5 Å². The van der Waals surface area contributed by atoms with Crippen molar-refractivity contribution in [3.8, 4) is 6.07 Å². The monoisotopic (exact) mass is 415 g/mol. The first-order valence-corrected chi connectivity index (χ1v) is 9.36. The molecule has 1 N–H and O–H groups in total. The molecule has 1 aliphatic heterocycles. The fourth-order valence-electron chi connectivity index (χ4n) is 3.42. The quantitative estimate of drug-likeness (QED) is 0.392. The van der Waals surface area contributed by atoms with Gasteiger partial charge in [0, 0.05) is 28.7 Å². The lowest BCUT2D eigenvalue weighted by molar-refractivity contribution is -0.132. The maximum absolute atomic E-state index is 13.0. The first kappa shape index (κ1) is 19.4. The predicted molar refractivity (Wildman–Crippen MR) is 112 cm³/mol. The van der Waals surface area contributed by atoms with Crippen LogP contribution in [-0.4, -0.2) is 21.8 Å². The van der Waals surface area contributed by atoms with E-state index in [1.54, 1.807) is 73.1 Å². The molecule has 3 aromatic rings. The maximum atomic E-state index is 13.0. The van der Waals surface area contributed by atoms with Crippen LogP contribution >= 0.6 is 11.6 Å². The van der Waals surface area contributed by atoms with Gasteiger partial charge in [0.05, 0.1) is 23.2 Å². The molecule has 1 fully saturated rings. The number of carbonyl (C=O) groups is 2. The van der Waals surface area contributed by atoms with Gasteiger partial charge in [-0.15, -0.1) is 0 Å². The largest absolute Gasteiger partial charge is 0.507 e. The van der Waals surface area contributed by atoms with Gasteiger partial charge in [0.2, 0.25) is 0 Å². The lowest BCUT2D eigenvalue weighted by atomic mass is 9.96. The fraction of sp³-hybridized carbons (Fsp3) is 0.0435. The minimum Gasteiger partial charge on any atom is -0.507 e. The average molecular weight is 416 g/mol. The Bertz CT molecular complexity index is 1200. The van der Waals surface area contributed by atoms with Crippen LogP contribution in [0, 0.1) is 11.3 Å². The zero-order chi connectivity index (χ0) is 21.3. The molecule has 30 heavy (non-hydrogen) atoms. The Labute approximate surface area is 177 Å². The molecule has 0 bridgehead atoms. The van der Waals surface area contributed by atoms with E-state index in [9.17, 15) is 14.7 Å². The van der Waals surface area contributed by atoms with Crippen LogP contribution < -0.4 is 4.90 Å². The van der Waals surface area contributed by atoms with Crippen molar-refractivity contribution in [2.45, 2.75) is 6.04 Å². The topological polar surface area (TPSA) is 94.3 Å². The molecule has 6 nitrogen and oxygen atoms in total. The summed E-state index contributed by atoms with van der Waals surface area (Å²) < 4.78 is 0. The highest BCUT2D eigenvalue weighted by Gasteiger charge is 2.46. The molecular formula is C23H14ClN3O3. The molecule has 2 heterocycles. The standard InChI is InChI=1S/C23H14ClN3O3/c24-17-5-3-16(4-6-17)21(28)19-20(15-9-11-26-12-10-15)27(23(30)22(19)29)18-7-1-14(13-25)2-8-18/h1-12,20,28H/b21-19-. The molecule has 146 valence electrons. The minimum absolute atomic E-state index is 0.0297. The first-order chi connectivity index (χ1) is 14.5. The molecule has 0 aliphatic carbocycles. The smallest absolute Gasteiger partial charge is 0.300 e. The van der Waals surface area contributed by atoms with Crippen molar-refractivity contribution in [3.05, 3.63) is 100 Å². The van der Waals surface area contributed by atoms with E-state index in [-0.39, 0.29) is 11.3 Å². The highest BCUT2D eigenvalue weighted by Crippen LogP contribution is 2.42. The maximum Gasteiger partial charge on any atom is 0.300 e. The van der Waals surface area contributed by atoms with E-state index < -0.39 is 17.7 Å². The number of ketones is 1. The minimum atomic E-state index is -0.850. The summed E-state index contributed by atoms with van der Waals surface area (Å²) in [6, 6.07) is 17.2. The van der Waals surface area contributed by atoms with Gasteiger partial charge in [-0.05, 0) is 66.2 Å². The van der Waals surface area contributed by atoms with Gasteiger partial charge in [-0.2, -0.15) is 5.26 Å². The van der Waals surface area contributed by atoms with Crippen LogP contribution in [0.15, 0.2) is 78.6 Å². The van der Waals surface area contributed by atoms with E-state index in [1.807, 2.05) is 6.07 Å². The second-order valence-electron chi connectivity index (χ2n) is 6.62. The number of hydrogen-bond acceptors (Lipinski definition) is 5. The molecule has 0 saturated carbocycles. The molecule has 1 saturated heterocycles. The Balaban J connectivity index is 1.92. The summed E-state index contributed by atoms with van der Waals surface area (Å²) in [5.74, 6) is -1.85. The first-order valence-electron chi connectivity index (χ1n) is 8.98. The van der Waals surface area contributed by atoms with E-state index in [0.717, 1.165) is 0 Å². The lowest BCUT2D eigenvalue weighted by Gasteiger charge is -2.25. The van der Waals surface area contributed by atoms with Crippen molar-refractivity contribution in [3.63, 3.8) is 0 Å². The number of aliphatic hydroxyl groups excluding tert-OH is 1. The van der Waals surface area contributed by atoms with Gasteiger partial charge >= 0.3 is 0 Å². The van der Waals surface area contributed by atoms with Gasteiger partial charge in [0.15, 0.2) is 0 Å². The molecule has 2 aromatic carbocycles. The van der Waals surface area contributed by atoms with Crippen molar-refractivity contribution in [1.29, 1.82) is 5.26 Å². The number of rotatable bonds is 3. The molecule has 1 aliphatic rings. The van der Waals surface area contributed by atoms with E-state index in [4.69, 9.17) is 16.9 Å². The number of Topliss-reactive ketones (excluding diaryl/α,β-unsaturated/α-hetero) is 1. The second kappa shape index (κ2) is 7.82. The third-order valence-electron chi connectivity index (χ3n) is 4.86. The highest BCUT2D eigenvalue weighted by molar-refractivity contribution is 6.51. The molecular weight excluding hydrogens is 402 g/mol. The van der Waals surface area contributed by atoms with E-state index in [2.05, 4.69) is 4.98 Å². The Morgan fingerprint density at radius 3 is 2.23 bits per heavy atom. The Kier molecular flexibility index (Phi) is 5.05. The van der Waals surface area contributed by atoms with Crippen molar-refractivity contribution in [2.24, 2.45) is 0 Å². The summed E-state index contributed by atoms with van der Waals surface area (Å²) in [5.41, 5.74) is 1.82. The normalized spacial score (nSPS) is 17.7. The number of anilines is 1. The van der Waals surface area contributed by atoms with Crippen LogP contribution in [-0.2, 0) is 9.59 Å². The van der Waals surface area contributed by atoms with Crippen LogP contribution in [0.1, 0.15) is 22.7 Å². The summed E-state index contributed by atoms with van der Waals surface area (Å²) in [7, 11) is 0. The average Bonchev–Trinajstić information content (AvgIpc) is 3.05. The summed E-state index contributed by atoms with van der Waals surface area (Å²) in [5, 5.41) is 20.5. The third-order valence-corrected chi connectivity index (χ3v) is 5.11. The van der Waals surface area contributed by atoms with Crippen molar-refractivity contribution in [2.75, 3.05) is 4.90 Å². The lowest BCUT2D eigenvalue weighted by Crippen LogP contribution is -2.29. The van der Waals surface area contributed by atoms with Gasteiger partial charge in [0.1, 0.15) is 5.76 Å². The summed E-state index contributed by atoms with van der Waals surface area (Å²) >= 11 is 5.92. The number of pyridine rings is 1. The Hall–Kier alpha value is -3.95. The number of aromatic nitrogens is 1. The van der Waals surface area contributed by atoms with E-state index in [0.29, 0.717) is 27.4 Å². The summed E-state index contributed by atoms with van der Waals surface area (Å²) in [4.78, 5) is 31.3. The van der Waals surface area contributed by atoms with Gasteiger partial charge in [-0.1, -0.05) is 11.6 Å². The summed E-state index contributed by atoms with van der Waals surface area (Å²) in [6.45, 7) is 0. The summed E-state index contributed by atoms with van der Waals surface area (Å²) in [6.07, 6.45) is 3.10. The SMILES string of the molecule is N#Cc1ccc(N2C(=O)C(=O)/C(=C(\O)c3ccc(Cl)cc3)C2c2ccncc2)cc1. The number of aliphatic hydroxyl groups is 1. The van der Waals surface area contributed by atoms with Crippen molar-refractivity contribution < 1.29 is 14.7 Å². The van der Waals surface area contributed by atoms with Crippen LogP contribution in [0.4, 0.5) is 5.69 Å². The number of benzene rings is 2. The molecule has 1 amide bonds. The number of carbonyl (C=O) groups excluding carboxylic acids is 2. The zero-order valence-electron chi connectivity index (χ0n) is 15.5. The molecule has 0 radical (unpaired) electrons. The van der Waals surface area contributed by atoms with Crippen LogP contribution in [0.5, 0.6) is 0 Å². The van der Waals surface area contributed by atoms with E-state index in [1.165, 1.54) is 4.90 Å². The molecule has 1 atom stereocenters. The van der Waals surface area contributed by atoms with E-state index >= 15 is 0 Å². The zero-order valence-corrected chi connectivity index (χ0v) is 16.2. The van der Waals surface area contributed by atoms with Crippen LogP contribution in [0.25, 0.3) is 5.76 Å². The predicted octanol–water partition coefficient (Wildman–Crippen LogP) is 4.23. The molecule has 1 aromatic heterocycles. The second-order valence-corrected chi connectivity index (χ2v) is 7.05. The third kappa shape index (κ3) is 3.32. The molecule has 1 unspecified atom stereocenters. The fourth-order valence-corrected chi connectivity index (χ4v) is 3.55. The highest BCUT2D eigenvalue weighted by atomic mass is 35.5. The molecule has 4 rings (SSSR count). The van der Waals surface area contributed by atoms with Gasteiger partial charge in [-0.25, -0.2) is 0 Å². The number of hydrogen-bond donors (Lipinski definition) is 1.